The third-order valence-corrected chi connectivity index (χ3v) is 6.62. The van der Waals surface area contributed by atoms with Gasteiger partial charge in [-0.3, -0.25) is 19.1 Å². The van der Waals surface area contributed by atoms with Crippen LogP contribution in [0.25, 0.3) is 11.3 Å². The fraction of sp³-hybridized carbons (Fsp3) is 0.333. The van der Waals surface area contributed by atoms with Crippen molar-refractivity contribution in [2.45, 2.75) is 12.5 Å². The second kappa shape index (κ2) is 7.85. The van der Waals surface area contributed by atoms with Crippen molar-refractivity contribution >= 4 is 11.9 Å². The highest BCUT2D eigenvalue weighted by molar-refractivity contribution is 5.79. The molecule has 7 nitrogen and oxygen atoms in total. The van der Waals surface area contributed by atoms with E-state index in [1.165, 1.54) is 22.9 Å². The van der Waals surface area contributed by atoms with Crippen LogP contribution in [-0.2, 0) is 18.3 Å². The Kier molecular flexibility index (Phi) is 5.00. The van der Waals surface area contributed by atoms with E-state index in [0.29, 0.717) is 43.0 Å². The van der Waals surface area contributed by atoms with E-state index >= 15 is 0 Å². The van der Waals surface area contributed by atoms with Crippen LogP contribution in [0.2, 0.25) is 0 Å². The Labute approximate surface area is 185 Å². The number of carbonyl (C=O) groups excluding carboxylic acids is 1. The summed E-state index contributed by atoms with van der Waals surface area (Å²) < 4.78 is 15.7. The van der Waals surface area contributed by atoms with Gasteiger partial charge in [0.05, 0.1) is 18.3 Å². The average Bonchev–Trinajstić information content (AvgIpc) is 3.28. The van der Waals surface area contributed by atoms with Crippen LogP contribution in [0.3, 0.4) is 0 Å². The Hall–Kier alpha value is -3.55. The number of hydrogen-bond acceptors (Lipinski definition) is 5. The number of benzene rings is 1. The van der Waals surface area contributed by atoms with Gasteiger partial charge in [0.1, 0.15) is 0 Å². The maximum absolute atomic E-state index is 14.2. The zero-order valence-electron chi connectivity index (χ0n) is 18.0. The summed E-state index contributed by atoms with van der Waals surface area (Å²) in [5, 5.41) is 0. The molecule has 5 rings (SSSR count). The van der Waals surface area contributed by atoms with Gasteiger partial charge in [0.25, 0.3) is 5.56 Å². The zero-order chi connectivity index (χ0) is 22.4. The Morgan fingerprint density at radius 1 is 1.19 bits per heavy atom. The van der Waals surface area contributed by atoms with Gasteiger partial charge in [0.2, 0.25) is 11.9 Å². The Morgan fingerprint density at radius 2 is 1.91 bits per heavy atom. The van der Waals surface area contributed by atoms with Gasteiger partial charge in [-0.25, -0.2) is 9.37 Å². The minimum absolute atomic E-state index is 0.144. The van der Waals surface area contributed by atoms with E-state index in [4.69, 9.17) is 0 Å². The lowest BCUT2D eigenvalue weighted by Crippen LogP contribution is -2.38. The van der Waals surface area contributed by atoms with E-state index < -0.39 is 5.82 Å². The molecule has 3 heterocycles. The molecular formula is C24H24FN5O2. The first-order valence-corrected chi connectivity index (χ1v) is 10.7. The zero-order valence-corrected chi connectivity index (χ0v) is 18.0. The second-order valence-corrected chi connectivity index (χ2v) is 8.58. The number of hydrogen-bond donors (Lipinski definition) is 0. The third kappa shape index (κ3) is 3.55. The van der Waals surface area contributed by atoms with Crippen LogP contribution in [-0.4, -0.2) is 51.5 Å². The predicted molar refractivity (Wildman–Crippen MR) is 119 cm³/mol. The number of halogens is 1. The van der Waals surface area contributed by atoms with Crippen LogP contribution in [0.15, 0.2) is 59.7 Å². The smallest absolute Gasteiger partial charge is 0.255 e. The van der Waals surface area contributed by atoms with Crippen molar-refractivity contribution < 1.29 is 9.18 Å². The lowest BCUT2D eigenvalue weighted by atomic mass is 10.1. The van der Waals surface area contributed by atoms with E-state index in [-0.39, 0.29) is 23.1 Å². The lowest BCUT2D eigenvalue weighted by molar-refractivity contribution is -0.130. The van der Waals surface area contributed by atoms with Gasteiger partial charge in [-0.2, -0.15) is 0 Å². The Balaban J connectivity index is 1.31. The monoisotopic (exact) mass is 433 g/mol. The summed E-state index contributed by atoms with van der Waals surface area (Å²) in [6.45, 7) is 1.41. The minimum Gasteiger partial charge on any atom is -0.342 e. The molecule has 164 valence electrons. The number of aromatic nitrogens is 3. The number of rotatable bonds is 5. The van der Waals surface area contributed by atoms with Crippen LogP contribution < -0.4 is 10.5 Å². The molecule has 1 aliphatic heterocycles. The summed E-state index contributed by atoms with van der Waals surface area (Å²) in [6.07, 6.45) is 3.01. The van der Waals surface area contributed by atoms with E-state index in [0.717, 1.165) is 11.8 Å². The predicted octanol–water partition coefficient (Wildman–Crippen LogP) is 2.12. The van der Waals surface area contributed by atoms with Crippen LogP contribution in [0.1, 0.15) is 5.56 Å². The molecular weight excluding hydrogens is 409 g/mol. The number of piperidine rings is 1. The molecule has 1 saturated heterocycles. The molecule has 3 aromatic rings. The molecule has 2 aliphatic rings. The summed E-state index contributed by atoms with van der Waals surface area (Å²) in [5.41, 5.74) is 1.31. The molecule has 1 amide bonds. The van der Waals surface area contributed by atoms with Crippen molar-refractivity contribution in [3.63, 3.8) is 0 Å². The van der Waals surface area contributed by atoms with Gasteiger partial charge in [0, 0.05) is 62.9 Å². The van der Waals surface area contributed by atoms with Crippen molar-refractivity contribution in [1.82, 2.24) is 19.4 Å². The summed E-state index contributed by atoms with van der Waals surface area (Å²) in [7, 11) is 3.58. The molecule has 0 radical (unpaired) electrons. The van der Waals surface area contributed by atoms with Gasteiger partial charge in [-0.05, 0) is 11.6 Å². The normalized spacial score (nSPS) is 21.3. The van der Waals surface area contributed by atoms with Gasteiger partial charge in [0.15, 0.2) is 5.82 Å². The fourth-order valence-corrected chi connectivity index (χ4v) is 4.85. The van der Waals surface area contributed by atoms with Gasteiger partial charge < -0.3 is 9.80 Å². The Morgan fingerprint density at radius 3 is 2.59 bits per heavy atom. The molecule has 1 aromatic carbocycles. The summed E-state index contributed by atoms with van der Waals surface area (Å²) >= 11 is 0. The maximum atomic E-state index is 14.2. The first kappa shape index (κ1) is 20.4. The number of amides is 1. The van der Waals surface area contributed by atoms with Crippen molar-refractivity contribution in [2.24, 2.45) is 18.9 Å². The molecule has 2 fully saturated rings. The molecule has 8 heteroatoms. The molecule has 0 N–H and O–H groups in total. The largest absolute Gasteiger partial charge is 0.342 e. The molecule has 0 bridgehead atoms. The number of carbonyl (C=O) groups is 1. The van der Waals surface area contributed by atoms with Crippen LogP contribution in [0.4, 0.5) is 10.3 Å². The molecule has 0 unspecified atom stereocenters. The van der Waals surface area contributed by atoms with Crippen molar-refractivity contribution in [3.05, 3.63) is 76.6 Å². The van der Waals surface area contributed by atoms with Crippen LogP contribution in [0.5, 0.6) is 0 Å². The topological polar surface area (TPSA) is 71.3 Å². The molecule has 2 aromatic heterocycles. The van der Waals surface area contributed by atoms with E-state index in [1.54, 1.807) is 7.05 Å². The van der Waals surface area contributed by atoms with E-state index in [2.05, 4.69) is 9.97 Å². The minimum atomic E-state index is -0.516. The molecule has 1 saturated carbocycles. The highest BCUT2D eigenvalue weighted by Gasteiger charge is 2.59. The van der Waals surface area contributed by atoms with Crippen LogP contribution >= 0.6 is 0 Å². The van der Waals surface area contributed by atoms with Crippen molar-refractivity contribution in [1.29, 1.82) is 0 Å². The Bertz CT molecular complexity index is 1220. The molecule has 0 spiro atoms. The standard InChI is InChI=1S/C24H24FN5O2/c1-28-21(31)11-20(16-8-9-26-12-19(16)25)27-24(28)29(2)23-17-13-30(14-18(17)23)22(32)10-15-6-4-3-5-7-15/h3-9,11-12,17-18,23H,10,13-14H2,1-2H3/t17-,18+,23+. The summed E-state index contributed by atoms with van der Waals surface area (Å²) in [6, 6.07) is 12.8. The van der Waals surface area contributed by atoms with Crippen molar-refractivity contribution in [2.75, 3.05) is 25.0 Å². The number of likely N-dealkylation sites (tertiary alicyclic amines) is 1. The lowest BCUT2D eigenvalue weighted by Gasteiger charge is -2.26. The van der Waals surface area contributed by atoms with Crippen LogP contribution in [0, 0.1) is 17.7 Å². The highest BCUT2D eigenvalue weighted by atomic mass is 19.1. The van der Waals surface area contributed by atoms with E-state index in [1.807, 2.05) is 47.2 Å². The SMILES string of the molecule is CN(c1nc(-c2ccncc2F)cc(=O)n1C)[C@H]1[C@@H]2CN(C(=O)Cc3ccccc3)C[C@@H]21. The fourth-order valence-electron chi connectivity index (χ4n) is 4.85. The number of fused-ring (bicyclic) bond motifs is 1. The molecule has 32 heavy (non-hydrogen) atoms. The quantitative estimate of drug-likeness (QED) is 0.617. The summed E-state index contributed by atoms with van der Waals surface area (Å²) in [4.78, 5) is 37.5. The second-order valence-electron chi connectivity index (χ2n) is 8.58. The summed E-state index contributed by atoms with van der Waals surface area (Å²) in [5.74, 6) is 0.810. The number of anilines is 1. The molecule has 1 aliphatic carbocycles. The maximum Gasteiger partial charge on any atom is 0.255 e. The van der Waals surface area contributed by atoms with Gasteiger partial charge in [-0.15, -0.1) is 0 Å². The van der Waals surface area contributed by atoms with E-state index in [9.17, 15) is 14.0 Å². The number of pyridine rings is 1. The average molecular weight is 433 g/mol. The number of nitrogens with zero attached hydrogens (tertiary/aromatic N) is 5. The first-order valence-electron chi connectivity index (χ1n) is 10.7. The van der Waals surface area contributed by atoms with Gasteiger partial charge in [-0.1, -0.05) is 30.3 Å². The first-order chi connectivity index (χ1) is 15.4. The van der Waals surface area contributed by atoms with Crippen molar-refractivity contribution in [3.8, 4) is 11.3 Å². The molecule has 3 atom stereocenters. The highest BCUT2D eigenvalue weighted by Crippen LogP contribution is 2.49. The third-order valence-electron chi connectivity index (χ3n) is 6.62. The van der Waals surface area contributed by atoms with Gasteiger partial charge >= 0.3 is 0 Å².